The van der Waals surface area contributed by atoms with Crippen LogP contribution in [0, 0.1) is 5.41 Å². The van der Waals surface area contributed by atoms with Crippen LogP contribution in [0.2, 0.25) is 0 Å². The highest BCUT2D eigenvalue weighted by molar-refractivity contribution is 5.88. The Kier molecular flexibility index (Phi) is 3.20. The van der Waals surface area contributed by atoms with Crippen molar-refractivity contribution in [2.75, 3.05) is 0 Å². The molecule has 0 amide bonds. The van der Waals surface area contributed by atoms with Gasteiger partial charge in [0.2, 0.25) is 0 Å². The highest BCUT2D eigenvalue weighted by Crippen LogP contribution is 2.16. The van der Waals surface area contributed by atoms with E-state index in [1.165, 1.54) is 6.92 Å². The van der Waals surface area contributed by atoms with Crippen molar-refractivity contribution in [1.82, 2.24) is 0 Å². The van der Waals surface area contributed by atoms with E-state index in [9.17, 15) is 4.79 Å². The zero-order valence-electron chi connectivity index (χ0n) is 7.59. The highest BCUT2D eigenvalue weighted by Gasteiger charge is 2.29. The van der Waals surface area contributed by atoms with E-state index in [0.717, 1.165) is 0 Å². The maximum Gasteiger partial charge on any atom is 0.157 e. The molecule has 0 saturated heterocycles. The Morgan fingerprint density at radius 2 is 1.82 bits per heavy atom. The zero-order valence-corrected chi connectivity index (χ0v) is 7.59. The van der Waals surface area contributed by atoms with Crippen molar-refractivity contribution in [2.45, 2.75) is 39.8 Å². The van der Waals surface area contributed by atoms with Crippen LogP contribution in [0.15, 0.2) is 0 Å². The first-order valence-electron chi connectivity index (χ1n) is 3.75. The predicted molar refractivity (Wildman–Crippen MR) is 44.1 cm³/mol. The third-order valence-electron chi connectivity index (χ3n) is 1.56. The van der Waals surface area contributed by atoms with Gasteiger partial charge in [-0.25, -0.2) is 0 Å². The fourth-order valence-corrected chi connectivity index (χ4v) is 0.719. The molecule has 11 heavy (non-hydrogen) atoms. The third-order valence-corrected chi connectivity index (χ3v) is 1.56. The lowest BCUT2D eigenvalue weighted by Crippen LogP contribution is -2.45. The molecule has 3 N–H and O–H groups in total. The number of carbonyl (C=O) groups is 1. The van der Waals surface area contributed by atoms with Gasteiger partial charge in [-0.15, -0.1) is 0 Å². The Bertz CT molecular complexity index is 147. The molecule has 0 saturated carbocycles. The summed E-state index contributed by atoms with van der Waals surface area (Å²) in [4.78, 5) is 11.3. The highest BCUT2D eigenvalue weighted by atomic mass is 16.3. The minimum atomic E-state index is -0.762. The minimum absolute atomic E-state index is 0.104. The lowest BCUT2D eigenvalue weighted by molar-refractivity contribution is -0.129. The number of aliphatic hydroxyl groups excluding tert-OH is 1. The van der Waals surface area contributed by atoms with Crippen molar-refractivity contribution in [3.63, 3.8) is 0 Å². The number of rotatable bonds is 2. The average molecular weight is 159 g/mol. The largest absolute Gasteiger partial charge is 0.391 e. The molecule has 0 aromatic heterocycles. The predicted octanol–water partition coefficient (Wildman–Crippen LogP) is 0.310. The van der Waals surface area contributed by atoms with Gasteiger partial charge in [0.05, 0.1) is 12.1 Å². The van der Waals surface area contributed by atoms with Crippen LogP contribution in [0.4, 0.5) is 0 Å². The van der Waals surface area contributed by atoms with Gasteiger partial charge in [-0.1, -0.05) is 20.8 Å². The molecular weight excluding hydrogens is 142 g/mol. The second-order valence-corrected chi connectivity index (χ2v) is 3.88. The molecule has 2 unspecified atom stereocenters. The summed E-state index contributed by atoms with van der Waals surface area (Å²) in [6.07, 6.45) is -0.762. The van der Waals surface area contributed by atoms with Gasteiger partial charge in [-0.05, 0) is 6.92 Å². The molecule has 0 aromatic rings. The summed E-state index contributed by atoms with van der Waals surface area (Å²) in [6.45, 7) is 6.89. The van der Waals surface area contributed by atoms with E-state index in [-0.39, 0.29) is 5.78 Å². The van der Waals surface area contributed by atoms with Crippen LogP contribution in [0.25, 0.3) is 0 Å². The first-order valence-corrected chi connectivity index (χ1v) is 3.75. The molecule has 0 aromatic carbocycles. The second kappa shape index (κ2) is 3.32. The fraction of sp³-hybridized carbons (Fsp3) is 0.875. The Morgan fingerprint density at radius 1 is 1.45 bits per heavy atom. The second-order valence-electron chi connectivity index (χ2n) is 3.88. The minimum Gasteiger partial charge on any atom is -0.391 e. The third kappa shape index (κ3) is 2.99. The van der Waals surface area contributed by atoms with Gasteiger partial charge in [-0.3, -0.25) is 4.79 Å². The number of ketones is 1. The van der Waals surface area contributed by atoms with Crippen molar-refractivity contribution in [3.8, 4) is 0 Å². The first kappa shape index (κ1) is 10.6. The van der Waals surface area contributed by atoms with E-state index in [2.05, 4.69) is 0 Å². The number of hydrogen-bond acceptors (Lipinski definition) is 3. The molecule has 3 nitrogen and oxygen atoms in total. The molecule has 66 valence electrons. The van der Waals surface area contributed by atoms with Crippen molar-refractivity contribution < 1.29 is 9.90 Å². The monoisotopic (exact) mass is 159 g/mol. The Morgan fingerprint density at radius 3 is 1.91 bits per heavy atom. The topological polar surface area (TPSA) is 63.3 Å². The van der Waals surface area contributed by atoms with E-state index >= 15 is 0 Å². The quantitative estimate of drug-likeness (QED) is 0.609. The first-order chi connectivity index (χ1) is 4.76. The molecule has 0 bridgehead atoms. The molecule has 0 aliphatic rings. The van der Waals surface area contributed by atoms with Crippen LogP contribution >= 0.6 is 0 Å². The van der Waals surface area contributed by atoms with Crippen LogP contribution in [-0.2, 0) is 4.79 Å². The van der Waals surface area contributed by atoms with E-state index in [1.807, 2.05) is 0 Å². The molecule has 0 spiro atoms. The molecule has 0 rings (SSSR count). The summed E-state index contributed by atoms with van der Waals surface area (Å²) in [7, 11) is 0. The van der Waals surface area contributed by atoms with Crippen LogP contribution in [0.5, 0.6) is 0 Å². The number of Topliss-reactive ketones (excluding diaryl/α,β-unsaturated/α-hetero) is 1. The van der Waals surface area contributed by atoms with Crippen molar-refractivity contribution in [1.29, 1.82) is 0 Å². The van der Waals surface area contributed by atoms with Crippen LogP contribution in [-0.4, -0.2) is 23.0 Å². The Hall–Kier alpha value is -0.410. The summed E-state index contributed by atoms with van der Waals surface area (Å²) in [5, 5.41) is 9.01. The lowest BCUT2D eigenvalue weighted by Gasteiger charge is -2.23. The Balaban J connectivity index is 4.26. The van der Waals surface area contributed by atoms with Gasteiger partial charge in [0.25, 0.3) is 0 Å². The van der Waals surface area contributed by atoms with Gasteiger partial charge < -0.3 is 10.8 Å². The molecule has 0 fully saturated rings. The van der Waals surface area contributed by atoms with Crippen LogP contribution in [0.1, 0.15) is 27.7 Å². The number of hydrogen-bond donors (Lipinski definition) is 2. The Labute approximate surface area is 67.6 Å². The summed E-state index contributed by atoms with van der Waals surface area (Å²) in [6, 6.07) is -0.755. The molecule has 0 heterocycles. The van der Waals surface area contributed by atoms with Crippen molar-refractivity contribution >= 4 is 5.78 Å². The summed E-state index contributed by atoms with van der Waals surface area (Å²) in [5.41, 5.74) is 4.98. The van der Waals surface area contributed by atoms with Crippen molar-refractivity contribution in [2.24, 2.45) is 11.1 Å². The summed E-state index contributed by atoms with van der Waals surface area (Å²) in [5.74, 6) is -0.104. The lowest BCUT2D eigenvalue weighted by atomic mass is 9.85. The summed E-state index contributed by atoms with van der Waals surface area (Å²) >= 11 is 0. The fourth-order valence-electron chi connectivity index (χ4n) is 0.719. The zero-order chi connectivity index (χ0) is 9.23. The maximum absolute atomic E-state index is 11.3. The normalized spacial score (nSPS) is 17.6. The van der Waals surface area contributed by atoms with E-state index in [1.54, 1.807) is 20.8 Å². The van der Waals surface area contributed by atoms with Gasteiger partial charge in [-0.2, -0.15) is 0 Å². The molecule has 0 aliphatic heterocycles. The van der Waals surface area contributed by atoms with Gasteiger partial charge in [0.1, 0.15) is 0 Å². The van der Waals surface area contributed by atoms with Gasteiger partial charge in [0.15, 0.2) is 5.78 Å². The van der Waals surface area contributed by atoms with E-state index in [0.29, 0.717) is 0 Å². The molecule has 2 atom stereocenters. The molecule has 0 aliphatic carbocycles. The maximum atomic E-state index is 11.3. The van der Waals surface area contributed by atoms with E-state index < -0.39 is 17.6 Å². The average Bonchev–Trinajstić information content (AvgIpc) is 1.82. The number of carbonyl (C=O) groups excluding carboxylic acids is 1. The smallest absolute Gasteiger partial charge is 0.157 e. The van der Waals surface area contributed by atoms with Gasteiger partial charge >= 0.3 is 0 Å². The number of nitrogens with two attached hydrogens (primary N) is 1. The molecule has 0 radical (unpaired) electrons. The summed E-state index contributed by atoms with van der Waals surface area (Å²) < 4.78 is 0. The molecule has 3 heteroatoms. The molecular formula is C8H17NO2. The van der Waals surface area contributed by atoms with Crippen LogP contribution in [0.3, 0.4) is 0 Å². The van der Waals surface area contributed by atoms with Gasteiger partial charge in [0, 0.05) is 5.41 Å². The van der Waals surface area contributed by atoms with Crippen molar-refractivity contribution in [3.05, 3.63) is 0 Å². The number of aliphatic hydroxyl groups is 1. The van der Waals surface area contributed by atoms with Crippen LogP contribution < -0.4 is 5.73 Å². The SMILES string of the molecule is CC(O)C(N)C(=O)C(C)(C)C. The standard InChI is InChI=1S/C8H17NO2/c1-5(10)6(9)7(11)8(2,3)4/h5-6,10H,9H2,1-4H3. The van der Waals surface area contributed by atoms with E-state index in [4.69, 9.17) is 10.8 Å².